The smallest absolute Gasteiger partial charge is 0.296 e. The fourth-order valence-electron chi connectivity index (χ4n) is 0.415. The zero-order valence-electron chi connectivity index (χ0n) is 7.82. The predicted octanol–water partition coefficient (Wildman–Crippen LogP) is 0.739. The van der Waals surface area contributed by atoms with Crippen LogP contribution in [0.5, 0.6) is 0 Å². The highest BCUT2D eigenvalue weighted by atomic mass is 79.9. The number of carbonyl (C=O) groups is 2. The maximum Gasteiger partial charge on any atom is 0.367 e. The fourth-order valence-corrected chi connectivity index (χ4v) is 0.567. The van der Waals surface area contributed by atoms with Crippen molar-refractivity contribution in [1.82, 2.24) is 0 Å². The van der Waals surface area contributed by atoms with Gasteiger partial charge in [0.05, 0.1) is 13.2 Å². The van der Waals surface area contributed by atoms with E-state index >= 15 is 0 Å². The van der Waals surface area contributed by atoms with Gasteiger partial charge in [-0.15, -0.1) is 0 Å². The molecule has 82 valence electrons. The van der Waals surface area contributed by atoms with E-state index in [4.69, 9.17) is 0 Å². The van der Waals surface area contributed by atoms with Crippen LogP contribution in [-0.2, 0) is 29.1 Å². The monoisotopic (exact) mass is 270 g/mol. The molecule has 0 saturated carbocycles. The maximum atomic E-state index is 11.0. The van der Waals surface area contributed by atoms with Crippen LogP contribution in [0, 0.1) is 0 Å². The van der Waals surface area contributed by atoms with Crippen molar-refractivity contribution in [2.24, 2.45) is 0 Å². The molecule has 0 aromatic heterocycles. The largest absolute Gasteiger partial charge is 0.367 e. The summed E-state index contributed by atoms with van der Waals surface area (Å²) in [6.45, 7) is 3.67. The third-order valence-electron chi connectivity index (χ3n) is 0.932. The van der Waals surface area contributed by atoms with Crippen LogP contribution in [-0.4, -0.2) is 30.0 Å². The Kier molecular flexibility index (Phi) is 7.35. The van der Waals surface area contributed by atoms with Crippen LogP contribution in [0.1, 0.15) is 13.8 Å². The maximum absolute atomic E-state index is 11.0. The van der Waals surface area contributed by atoms with Crippen molar-refractivity contribution in [3.05, 3.63) is 0 Å². The third-order valence-corrected chi connectivity index (χ3v) is 1.68. The van der Waals surface area contributed by atoms with Gasteiger partial charge in [0.25, 0.3) is 0 Å². The molecule has 7 heteroatoms. The summed E-state index contributed by atoms with van der Waals surface area (Å²) < 4.78 is 0. The van der Waals surface area contributed by atoms with Gasteiger partial charge in [0.2, 0.25) is 4.83 Å². The second kappa shape index (κ2) is 7.72. The van der Waals surface area contributed by atoms with Gasteiger partial charge >= 0.3 is 11.9 Å². The van der Waals surface area contributed by atoms with Gasteiger partial charge in [0, 0.05) is 0 Å². The molecule has 0 radical (unpaired) electrons. The number of hydrogen-bond acceptors (Lipinski definition) is 6. The molecule has 0 aromatic carbocycles. The summed E-state index contributed by atoms with van der Waals surface area (Å²) in [5.41, 5.74) is 0. The highest BCUT2D eigenvalue weighted by molar-refractivity contribution is 9.10. The van der Waals surface area contributed by atoms with Crippen LogP contribution in [0.25, 0.3) is 0 Å². The second-order valence-electron chi connectivity index (χ2n) is 1.98. The lowest BCUT2D eigenvalue weighted by molar-refractivity contribution is -0.279. The number of rotatable bonds is 6. The van der Waals surface area contributed by atoms with E-state index in [1.54, 1.807) is 13.8 Å². The Bertz CT molecular complexity index is 175. The van der Waals surface area contributed by atoms with Crippen molar-refractivity contribution in [1.29, 1.82) is 0 Å². The number of halogens is 1. The molecule has 0 rings (SSSR count). The lowest BCUT2D eigenvalue weighted by Gasteiger charge is -2.06. The van der Waals surface area contributed by atoms with Crippen LogP contribution in [0.2, 0.25) is 0 Å². The van der Waals surface area contributed by atoms with Crippen molar-refractivity contribution in [2.75, 3.05) is 13.2 Å². The van der Waals surface area contributed by atoms with Crippen LogP contribution in [0.4, 0.5) is 0 Å². The lowest BCUT2D eigenvalue weighted by Crippen LogP contribution is -2.28. The van der Waals surface area contributed by atoms with E-state index in [1.807, 2.05) is 0 Å². The topological polar surface area (TPSA) is 71.1 Å². The Morgan fingerprint density at radius 2 is 1.43 bits per heavy atom. The van der Waals surface area contributed by atoms with Gasteiger partial charge < -0.3 is 0 Å². The molecule has 0 aliphatic carbocycles. The van der Waals surface area contributed by atoms with E-state index in [1.165, 1.54) is 0 Å². The summed E-state index contributed by atoms with van der Waals surface area (Å²) in [5, 5.41) is 0. The molecule has 0 bridgehead atoms. The second-order valence-corrected chi connectivity index (χ2v) is 2.90. The minimum absolute atomic E-state index is 0.200. The zero-order valence-corrected chi connectivity index (χ0v) is 9.41. The number of hydrogen-bond donors (Lipinski definition) is 0. The van der Waals surface area contributed by atoms with E-state index in [-0.39, 0.29) is 13.2 Å². The molecule has 0 saturated heterocycles. The van der Waals surface area contributed by atoms with Gasteiger partial charge in [0.15, 0.2) is 0 Å². The van der Waals surface area contributed by atoms with Gasteiger partial charge in [-0.05, 0) is 13.8 Å². The zero-order chi connectivity index (χ0) is 11.0. The normalized spacial score (nSPS) is 10.0. The van der Waals surface area contributed by atoms with Crippen molar-refractivity contribution < 1.29 is 29.1 Å². The van der Waals surface area contributed by atoms with Crippen LogP contribution < -0.4 is 0 Å². The molecule has 0 aliphatic heterocycles. The molecule has 0 aromatic rings. The first-order chi connectivity index (χ1) is 6.63. The Hall–Kier alpha value is -0.660. The number of carbonyl (C=O) groups excluding carboxylic acids is 2. The summed E-state index contributed by atoms with van der Waals surface area (Å²) in [6, 6.07) is 0. The predicted molar refractivity (Wildman–Crippen MR) is 48.2 cm³/mol. The highest BCUT2D eigenvalue weighted by Gasteiger charge is 2.28. The summed E-state index contributed by atoms with van der Waals surface area (Å²) in [7, 11) is 0. The minimum atomic E-state index is -1.25. The Morgan fingerprint density at radius 3 is 1.71 bits per heavy atom. The molecule has 0 heterocycles. The van der Waals surface area contributed by atoms with Gasteiger partial charge in [-0.3, -0.25) is 9.78 Å². The molecular weight excluding hydrogens is 260 g/mol. The van der Waals surface area contributed by atoms with Crippen LogP contribution in [0.15, 0.2) is 0 Å². The Labute approximate surface area is 89.4 Å². The average Bonchev–Trinajstić information content (AvgIpc) is 2.21. The highest BCUT2D eigenvalue weighted by Crippen LogP contribution is 2.05. The standard InChI is InChI=1S/C7H11BrO6/c1-3-11-13-6(9)5(8)7(10)14-12-4-2/h5H,3-4H2,1-2H3. The quantitative estimate of drug-likeness (QED) is 0.307. The number of alkyl halides is 1. The third kappa shape index (κ3) is 5.15. The molecular formula is C7H11BrO6. The molecule has 0 fully saturated rings. The van der Waals surface area contributed by atoms with E-state index in [2.05, 4.69) is 35.5 Å². The summed E-state index contributed by atoms with van der Waals surface area (Å²) >= 11 is 2.76. The van der Waals surface area contributed by atoms with Gasteiger partial charge in [0.1, 0.15) is 0 Å². The molecule has 0 amide bonds. The Balaban J connectivity index is 3.85. The minimum Gasteiger partial charge on any atom is -0.296 e. The molecule has 0 unspecified atom stereocenters. The molecule has 14 heavy (non-hydrogen) atoms. The molecule has 6 nitrogen and oxygen atoms in total. The SMILES string of the molecule is CCOOC(=O)C(Br)C(=O)OOCC. The summed E-state index contributed by atoms with van der Waals surface area (Å²) in [5.74, 6) is -1.78. The van der Waals surface area contributed by atoms with E-state index in [0.717, 1.165) is 0 Å². The first-order valence-electron chi connectivity index (χ1n) is 3.94. The summed E-state index contributed by atoms with van der Waals surface area (Å²) in [4.78, 5) is 37.8. The van der Waals surface area contributed by atoms with Crippen LogP contribution >= 0.6 is 15.9 Å². The van der Waals surface area contributed by atoms with E-state index < -0.39 is 16.8 Å². The molecule has 0 aliphatic rings. The van der Waals surface area contributed by atoms with Crippen molar-refractivity contribution >= 4 is 27.9 Å². The van der Waals surface area contributed by atoms with Crippen LogP contribution in [0.3, 0.4) is 0 Å². The van der Waals surface area contributed by atoms with E-state index in [0.29, 0.717) is 0 Å². The van der Waals surface area contributed by atoms with E-state index in [9.17, 15) is 9.59 Å². The van der Waals surface area contributed by atoms with Gasteiger partial charge in [-0.1, -0.05) is 15.9 Å². The Morgan fingerprint density at radius 1 is 1.07 bits per heavy atom. The van der Waals surface area contributed by atoms with Crippen molar-refractivity contribution in [3.63, 3.8) is 0 Å². The van der Waals surface area contributed by atoms with Gasteiger partial charge in [-0.2, -0.15) is 9.78 Å². The average molecular weight is 271 g/mol. The summed E-state index contributed by atoms with van der Waals surface area (Å²) in [6.07, 6.45) is 0. The molecule has 0 N–H and O–H groups in total. The molecule has 0 atom stereocenters. The lowest BCUT2D eigenvalue weighted by atomic mass is 10.4. The first kappa shape index (κ1) is 13.3. The van der Waals surface area contributed by atoms with Crippen molar-refractivity contribution in [2.45, 2.75) is 18.7 Å². The first-order valence-corrected chi connectivity index (χ1v) is 4.85. The van der Waals surface area contributed by atoms with Crippen molar-refractivity contribution in [3.8, 4) is 0 Å². The fraction of sp³-hybridized carbons (Fsp3) is 0.714. The van der Waals surface area contributed by atoms with Gasteiger partial charge in [-0.25, -0.2) is 9.59 Å². The molecule has 0 spiro atoms.